The fourth-order valence-corrected chi connectivity index (χ4v) is 2.46. The molecule has 0 aliphatic carbocycles. The number of phenolic OH excluding ortho intramolecular Hbond substituents is 1. The van der Waals surface area contributed by atoms with E-state index in [1.54, 1.807) is 13.8 Å². The van der Waals surface area contributed by atoms with E-state index in [9.17, 15) is 19.5 Å². The lowest BCUT2D eigenvalue weighted by atomic mass is 9.99. The molecule has 1 aromatic heterocycles. The van der Waals surface area contributed by atoms with Crippen LogP contribution >= 0.6 is 0 Å². The molecule has 0 aliphatic heterocycles. The summed E-state index contributed by atoms with van der Waals surface area (Å²) in [5.74, 6) is -0.906. The molecule has 6 nitrogen and oxygen atoms in total. The molecule has 1 aromatic carbocycles. The van der Waals surface area contributed by atoms with Crippen molar-refractivity contribution in [2.75, 3.05) is 6.61 Å². The molecule has 1 N–H and O–H groups in total. The van der Waals surface area contributed by atoms with Crippen LogP contribution in [0.2, 0.25) is 0 Å². The van der Waals surface area contributed by atoms with Crippen molar-refractivity contribution in [3.63, 3.8) is 0 Å². The van der Waals surface area contributed by atoms with Crippen molar-refractivity contribution >= 4 is 22.7 Å². The van der Waals surface area contributed by atoms with Crippen molar-refractivity contribution in [2.24, 2.45) is 0 Å². The maximum absolute atomic E-state index is 12.1. The SMILES string of the molecule is CCOC(=O)CCc1c(C)c2cc(C(C)=O)c(O)cc2oc1=O. The number of ether oxygens (including phenoxy) is 1. The van der Waals surface area contributed by atoms with Crippen LogP contribution in [0.3, 0.4) is 0 Å². The molecular weight excluding hydrogens is 300 g/mol. The molecule has 23 heavy (non-hydrogen) atoms. The first-order valence-electron chi connectivity index (χ1n) is 7.31. The van der Waals surface area contributed by atoms with E-state index in [0.717, 1.165) is 0 Å². The molecule has 0 unspecified atom stereocenters. The fourth-order valence-electron chi connectivity index (χ4n) is 2.46. The Morgan fingerprint density at radius 2 is 2.00 bits per heavy atom. The first-order valence-corrected chi connectivity index (χ1v) is 7.31. The van der Waals surface area contributed by atoms with E-state index in [1.165, 1.54) is 19.1 Å². The minimum atomic E-state index is -0.561. The Hall–Kier alpha value is -2.63. The number of carbonyl (C=O) groups is 2. The van der Waals surface area contributed by atoms with E-state index >= 15 is 0 Å². The van der Waals surface area contributed by atoms with Crippen molar-refractivity contribution in [2.45, 2.75) is 33.6 Å². The van der Waals surface area contributed by atoms with Crippen LogP contribution in [0.4, 0.5) is 0 Å². The summed E-state index contributed by atoms with van der Waals surface area (Å²) < 4.78 is 10.1. The highest BCUT2D eigenvalue weighted by Crippen LogP contribution is 2.28. The topological polar surface area (TPSA) is 93.8 Å². The Labute approximate surface area is 132 Å². The van der Waals surface area contributed by atoms with Crippen LogP contribution in [0.5, 0.6) is 5.75 Å². The summed E-state index contributed by atoms with van der Waals surface area (Å²) in [7, 11) is 0. The van der Waals surface area contributed by atoms with Gasteiger partial charge in [-0.25, -0.2) is 4.79 Å². The molecular formula is C17H18O6. The third kappa shape index (κ3) is 3.41. The number of esters is 1. The number of aromatic hydroxyl groups is 1. The summed E-state index contributed by atoms with van der Waals surface area (Å²) in [6, 6.07) is 2.76. The number of rotatable bonds is 5. The molecule has 6 heteroatoms. The van der Waals surface area contributed by atoms with Crippen LogP contribution in [0.25, 0.3) is 11.0 Å². The van der Waals surface area contributed by atoms with Crippen molar-refractivity contribution in [1.82, 2.24) is 0 Å². The van der Waals surface area contributed by atoms with Crippen molar-refractivity contribution in [1.29, 1.82) is 0 Å². The quantitative estimate of drug-likeness (QED) is 0.517. The summed E-state index contributed by atoms with van der Waals surface area (Å²) in [5, 5.41) is 10.4. The molecule has 0 saturated carbocycles. The number of Topliss-reactive ketones (excluding diaryl/α,β-unsaturated/α-hetero) is 1. The maximum Gasteiger partial charge on any atom is 0.339 e. The van der Waals surface area contributed by atoms with E-state index in [2.05, 4.69) is 0 Å². The van der Waals surface area contributed by atoms with Gasteiger partial charge < -0.3 is 14.3 Å². The van der Waals surface area contributed by atoms with Gasteiger partial charge in [0.1, 0.15) is 11.3 Å². The second-order valence-electron chi connectivity index (χ2n) is 5.22. The maximum atomic E-state index is 12.1. The first kappa shape index (κ1) is 16.7. The zero-order valence-corrected chi connectivity index (χ0v) is 13.3. The van der Waals surface area contributed by atoms with Crippen LogP contribution in [0.15, 0.2) is 21.3 Å². The van der Waals surface area contributed by atoms with Gasteiger partial charge in [0.05, 0.1) is 12.2 Å². The van der Waals surface area contributed by atoms with Gasteiger partial charge in [-0.15, -0.1) is 0 Å². The van der Waals surface area contributed by atoms with Crippen LogP contribution in [0, 0.1) is 6.92 Å². The van der Waals surface area contributed by atoms with Crippen molar-refractivity contribution in [3.8, 4) is 5.75 Å². The normalized spacial score (nSPS) is 10.7. The number of phenols is 1. The number of aryl methyl sites for hydroxylation is 1. The highest BCUT2D eigenvalue weighted by molar-refractivity contribution is 6.01. The lowest BCUT2D eigenvalue weighted by Crippen LogP contribution is -2.14. The third-order valence-electron chi connectivity index (χ3n) is 3.67. The molecule has 2 rings (SSSR count). The van der Waals surface area contributed by atoms with Gasteiger partial charge in [0.2, 0.25) is 0 Å². The number of hydrogen-bond donors (Lipinski definition) is 1. The van der Waals surface area contributed by atoms with E-state index in [1.807, 2.05) is 0 Å². The van der Waals surface area contributed by atoms with Gasteiger partial charge >= 0.3 is 11.6 Å². The van der Waals surface area contributed by atoms with Gasteiger partial charge in [0.25, 0.3) is 0 Å². The molecule has 0 atom stereocenters. The van der Waals surface area contributed by atoms with E-state index in [0.29, 0.717) is 16.5 Å². The highest BCUT2D eigenvalue weighted by atomic mass is 16.5. The number of hydrogen-bond acceptors (Lipinski definition) is 6. The zero-order valence-electron chi connectivity index (χ0n) is 13.3. The second-order valence-corrected chi connectivity index (χ2v) is 5.22. The summed E-state index contributed by atoms with van der Waals surface area (Å²) in [5.41, 5.74) is 0.795. The monoisotopic (exact) mass is 318 g/mol. The Bertz CT molecular complexity index is 831. The summed E-state index contributed by atoms with van der Waals surface area (Å²) >= 11 is 0. The third-order valence-corrected chi connectivity index (χ3v) is 3.67. The molecule has 0 saturated heterocycles. The van der Waals surface area contributed by atoms with Crippen LogP contribution < -0.4 is 5.63 Å². The Balaban J connectivity index is 2.50. The van der Waals surface area contributed by atoms with Crippen molar-refractivity contribution < 1.29 is 23.8 Å². The minimum absolute atomic E-state index is 0.0720. The summed E-state index contributed by atoms with van der Waals surface area (Å²) in [6.07, 6.45) is 0.266. The van der Waals surface area contributed by atoms with E-state index < -0.39 is 5.63 Å². The van der Waals surface area contributed by atoms with Crippen LogP contribution in [-0.2, 0) is 16.0 Å². The van der Waals surface area contributed by atoms with Gasteiger partial charge in [-0.2, -0.15) is 0 Å². The van der Waals surface area contributed by atoms with Crippen LogP contribution in [-0.4, -0.2) is 23.5 Å². The lowest BCUT2D eigenvalue weighted by molar-refractivity contribution is -0.143. The lowest BCUT2D eigenvalue weighted by Gasteiger charge is -2.09. The fraction of sp³-hybridized carbons (Fsp3) is 0.353. The Kier molecular flexibility index (Phi) is 4.83. The summed E-state index contributed by atoms with van der Waals surface area (Å²) in [4.78, 5) is 35.1. The summed E-state index contributed by atoms with van der Waals surface area (Å²) in [6.45, 7) is 5.06. The number of benzene rings is 1. The molecule has 0 aliphatic rings. The number of fused-ring (bicyclic) bond motifs is 1. The van der Waals surface area contributed by atoms with Gasteiger partial charge in [-0.3, -0.25) is 9.59 Å². The molecule has 0 bridgehead atoms. The molecule has 122 valence electrons. The second kappa shape index (κ2) is 6.64. The number of ketones is 1. The molecule has 0 fully saturated rings. The standard InChI is InChI=1S/C17H18O6/c1-4-22-16(20)6-5-11-9(2)12-7-13(10(3)18)14(19)8-15(12)23-17(11)21/h7-8,19H,4-6H2,1-3H3. The molecule has 0 spiro atoms. The Morgan fingerprint density at radius 1 is 1.30 bits per heavy atom. The minimum Gasteiger partial charge on any atom is -0.507 e. The van der Waals surface area contributed by atoms with Gasteiger partial charge in [0.15, 0.2) is 5.78 Å². The Morgan fingerprint density at radius 3 is 2.61 bits per heavy atom. The smallest absolute Gasteiger partial charge is 0.339 e. The molecule has 1 heterocycles. The predicted molar refractivity (Wildman–Crippen MR) is 83.8 cm³/mol. The molecule has 0 amide bonds. The van der Waals surface area contributed by atoms with E-state index in [4.69, 9.17) is 9.15 Å². The average Bonchev–Trinajstić information content (AvgIpc) is 2.46. The first-order chi connectivity index (χ1) is 10.8. The predicted octanol–water partition coefficient (Wildman–Crippen LogP) is 2.51. The van der Waals surface area contributed by atoms with Gasteiger partial charge in [0, 0.05) is 23.4 Å². The van der Waals surface area contributed by atoms with Gasteiger partial charge in [-0.1, -0.05) is 0 Å². The molecule has 2 aromatic rings. The zero-order chi connectivity index (χ0) is 17.1. The molecule has 0 radical (unpaired) electrons. The largest absolute Gasteiger partial charge is 0.507 e. The van der Waals surface area contributed by atoms with E-state index in [-0.39, 0.29) is 48.1 Å². The average molecular weight is 318 g/mol. The highest BCUT2D eigenvalue weighted by Gasteiger charge is 2.16. The van der Waals surface area contributed by atoms with Crippen LogP contribution in [0.1, 0.15) is 41.8 Å². The van der Waals surface area contributed by atoms with Gasteiger partial charge in [-0.05, 0) is 38.8 Å². The van der Waals surface area contributed by atoms with Crippen molar-refractivity contribution in [3.05, 3.63) is 39.2 Å². The number of carbonyl (C=O) groups excluding carboxylic acids is 2.